The molecule has 0 saturated carbocycles. The zero-order valence-electron chi connectivity index (χ0n) is 12.0. The first kappa shape index (κ1) is 15.7. The van der Waals surface area contributed by atoms with Crippen LogP contribution in [0.15, 0.2) is 65.6 Å². The summed E-state index contributed by atoms with van der Waals surface area (Å²) in [5, 5.41) is 0. The summed E-state index contributed by atoms with van der Waals surface area (Å²) in [6, 6.07) is 17.3. The van der Waals surface area contributed by atoms with Gasteiger partial charge in [0.15, 0.2) is 0 Å². The summed E-state index contributed by atoms with van der Waals surface area (Å²) in [5.41, 5.74) is 0.871. The third kappa shape index (κ3) is 4.14. The topological polar surface area (TPSA) is 52.6 Å². The monoisotopic (exact) mass is 306 g/mol. The van der Waals surface area contributed by atoms with Gasteiger partial charge in [-0.2, -0.15) is 8.42 Å². The maximum atomic E-state index is 12.0. The Bertz CT molecular complexity index is 651. The van der Waals surface area contributed by atoms with Gasteiger partial charge in [-0.1, -0.05) is 62.4 Å². The second-order valence-electron chi connectivity index (χ2n) is 5.01. The summed E-state index contributed by atoms with van der Waals surface area (Å²) in [5.74, 6) is 0.0679. The summed E-state index contributed by atoms with van der Waals surface area (Å²) in [4.78, 5) is 5.29. The second kappa shape index (κ2) is 6.85. The van der Waals surface area contributed by atoms with Crippen molar-refractivity contribution in [3.63, 3.8) is 0 Å². The van der Waals surface area contributed by atoms with E-state index < -0.39 is 16.2 Å². The highest BCUT2D eigenvalue weighted by molar-refractivity contribution is 7.86. The van der Waals surface area contributed by atoms with Gasteiger partial charge in [0.1, 0.15) is 6.10 Å². The fraction of sp³-hybridized carbons (Fsp3) is 0.250. The lowest BCUT2D eigenvalue weighted by Crippen LogP contribution is -2.15. The molecular formula is C16H18O4S. The molecule has 1 unspecified atom stereocenters. The Hall–Kier alpha value is -1.69. The fourth-order valence-electron chi connectivity index (χ4n) is 1.91. The van der Waals surface area contributed by atoms with E-state index in [4.69, 9.17) is 9.22 Å². The van der Waals surface area contributed by atoms with Gasteiger partial charge in [-0.05, 0) is 23.6 Å². The van der Waals surface area contributed by atoms with Crippen LogP contribution in [0.2, 0.25) is 0 Å². The highest BCUT2D eigenvalue weighted by Crippen LogP contribution is 2.27. The molecule has 1 atom stereocenters. The van der Waals surface area contributed by atoms with E-state index >= 15 is 0 Å². The molecule has 0 spiro atoms. The van der Waals surface area contributed by atoms with Crippen molar-refractivity contribution in [2.45, 2.75) is 24.8 Å². The van der Waals surface area contributed by atoms with E-state index in [0.29, 0.717) is 0 Å². The number of benzene rings is 2. The van der Waals surface area contributed by atoms with Crippen molar-refractivity contribution in [1.82, 2.24) is 0 Å². The van der Waals surface area contributed by atoms with Gasteiger partial charge in [0.25, 0.3) is 0 Å². The summed E-state index contributed by atoms with van der Waals surface area (Å²) >= 11 is 0. The van der Waals surface area contributed by atoms with E-state index in [-0.39, 0.29) is 10.8 Å². The number of hydrogen-bond acceptors (Lipinski definition) is 4. The van der Waals surface area contributed by atoms with Crippen LogP contribution in [0.25, 0.3) is 0 Å². The molecular weight excluding hydrogens is 288 g/mol. The van der Waals surface area contributed by atoms with E-state index in [0.717, 1.165) is 5.56 Å². The first-order chi connectivity index (χ1) is 10.0. The minimum Gasteiger partial charge on any atom is -0.211 e. The fourth-order valence-corrected chi connectivity index (χ4v) is 2.67. The molecule has 0 aliphatic heterocycles. The first-order valence-electron chi connectivity index (χ1n) is 6.70. The Morgan fingerprint density at radius 1 is 0.857 bits per heavy atom. The van der Waals surface area contributed by atoms with Gasteiger partial charge in [-0.15, -0.1) is 4.33 Å². The highest BCUT2D eigenvalue weighted by Gasteiger charge is 2.23. The van der Waals surface area contributed by atoms with E-state index in [1.54, 1.807) is 18.2 Å². The number of rotatable bonds is 6. The quantitative estimate of drug-likeness (QED) is 0.603. The molecule has 0 N–H and O–H groups in total. The van der Waals surface area contributed by atoms with Crippen LogP contribution in [0, 0.1) is 5.92 Å². The maximum Gasteiger partial charge on any atom is 0.323 e. The molecule has 0 aliphatic rings. The first-order valence-corrected chi connectivity index (χ1v) is 8.11. The summed E-state index contributed by atoms with van der Waals surface area (Å²) in [6.45, 7) is 3.88. The average Bonchev–Trinajstić information content (AvgIpc) is 2.49. The van der Waals surface area contributed by atoms with Gasteiger partial charge in [0, 0.05) is 0 Å². The van der Waals surface area contributed by atoms with E-state index in [1.807, 2.05) is 44.2 Å². The minimum atomic E-state index is -3.92. The molecule has 0 fully saturated rings. The molecule has 0 amide bonds. The molecule has 2 rings (SSSR count). The Kier molecular flexibility index (Phi) is 5.12. The third-order valence-corrected chi connectivity index (χ3v) is 4.11. The van der Waals surface area contributed by atoms with Crippen LogP contribution in [0.3, 0.4) is 0 Å². The van der Waals surface area contributed by atoms with Crippen molar-refractivity contribution in [2.75, 3.05) is 0 Å². The van der Waals surface area contributed by atoms with Gasteiger partial charge < -0.3 is 0 Å². The standard InChI is InChI=1S/C16H18O4S/c1-13(2)16(14-9-5-3-6-10-14)19-20-21(17,18)15-11-7-4-8-12-15/h3-13,16H,1-2H3. The zero-order valence-corrected chi connectivity index (χ0v) is 12.8. The smallest absolute Gasteiger partial charge is 0.211 e. The lowest BCUT2D eigenvalue weighted by molar-refractivity contribution is -0.254. The Balaban J connectivity index is 2.13. The van der Waals surface area contributed by atoms with E-state index in [1.165, 1.54) is 12.1 Å². The molecule has 0 saturated heterocycles. The molecule has 0 heterocycles. The van der Waals surface area contributed by atoms with Crippen LogP contribution < -0.4 is 0 Å². The van der Waals surface area contributed by atoms with Crippen molar-refractivity contribution in [2.24, 2.45) is 5.92 Å². The molecule has 0 aromatic heterocycles. The van der Waals surface area contributed by atoms with Gasteiger partial charge >= 0.3 is 10.1 Å². The van der Waals surface area contributed by atoms with Gasteiger partial charge in [-0.25, -0.2) is 4.89 Å². The van der Waals surface area contributed by atoms with Gasteiger partial charge in [0.05, 0.1) is 4.90 Å². The van der Waals surface area contributed by atoms with Crippen LogP contribution in [-0.2, 0) is 19.3 Å². The zero-order chi connectivity index (χ0) is 15.3. The molecule has 4 nitrogen and oxygen atoms in total. The van der Waals surface area contributed by atoms with Gasteiger partial charge in [-0.3, -0.25) is 0 Å². The molecule has 0 radical (unpaired) electrons. The highest BCUT2D eigenvalue weighted by atomic mass is 32.2. The van der Waals surface area contributed by atoms with Crippen molar-refractivity contribution in [3.05, 3.63) is 66.2 Å². The minimum absolute atomic E-state index is 0.0679. The Morgan fingerprint density at radius 3 is 1.90 bits per heavy atom. The second-order valence-corrected chi connectivity index (χ2v) is 6.52. The van der Waals surface area contributed by atoms with E-state index in [2.05, 4.69) is 0 Å². The van der Waals surface area contributed by atoms with Crippen LogP contribution in [0.4, 0.5) is 0 Å². The molecule has 112 valence electrons. The van der Waals surface area contributed by atoms with Crippen LogP contribution in [-0.4, -0.2) is 8.42 Å². The maximum absolute atomic E-state index is 12.0. The molecule has 0 bridgehead atoms. The SMILES string of the molecule is CC(C)C(OOS(=O)(=O)c1ccccc1)c1ccccc1. The lowest BCUT2D eigenvalue weighted by atomic mass is 9.99. The Morgan fingerprint density at radius 2 is 1.38 bits per heavy atom. The molecule has 0 aliphatic carbocycles. The molecule has 5 heteroatoms. The number of hydrogen-bond donors (Lipinski definition) is 0. The average molecular weight is 306 g/mol. The van der Waals surface area contributed by atoms with Crippen molar-refractivity contribution < 1.29 is 17.6 Å². The van der Waals surface area contributed by atoms with Crippen molar-refractivity contribution in [3.8, 4) is 0 Å². The molecule has 21 heavy (non-hydrogen) atoms. The normalized spacial score (nSPS) is 13.3. The Labute approximate surface area is 125 Å². The molecule has 2 aromatic rings. The molecule has 2 aromatic carbocycles. The predicted octanol–water partition coefficient (Wildman–Crippen LogP) is 3.72. The van der Waals surface area contributed by atoms with Crippen LogP contribution in [0.5, 0.6) is 0 Å². The summed E-state index contributed by atoms with van der Waals surface area (Å²) < 4.78 is 28.9. The van der Waals surface area contributed by atoms with Crippen molar-refractivity contribution >= 4 is 10.1 Å². The van der Waals surface area contributed by atoms with Gasteiger partial charge in [0.2, 0.25) is 0 Å². The van der Waals surface area contributed by atoms with E-state index in [9.17, 15) is 8.42 Å². The summed E-state index contributed by atoms with van der Waals surface area (Å²) in [6.07, 6.45) is -0.454. The van der Waals surface area contributed by atoms with Crippen molar-refractivity contribution in [1.29, 1.82) is 0 Å². The van der Waals surface area contributed by atoms with Crippen LogP contribution in [0.1, 0.15) is 25.5 Å². The van der Waals surface area contributed by atoms with Crippen LogP contribution >= 0.6 is 0 Å². The third-order valence-electron chi connectivity index (χ3n) is 3.00. The largest absolute Gasteiger partial charge is 0.323 e. The lowest BCUT2D eigenvalue weighted by Gasteiger charge is -2.20. The summed E-state index contributed by atoms with van der Waals surface area (Å²) in [7, 11) is -3.92. The predicted molar refractivity (Wildman–Crippen MR) is 79.8 cm³/mol.